The van der Waals surface area contributed by atoms with Crippen LogP contribution in [-0.2, 0) is 14.2 Å². The summed E-state index contributed by atoms with van der Waals surface area (Å²) in [5.74, 6) is 6.54. The Bertz CT molecular complexity index is 1820. The molecule has 2 aliphatic rings. The van der Waals surface area contributed by atoms with Crippen molar-refractivity contribution in [3.63, 3.8) is 0 Å². The monoisotopic (exact) mass is 784 g/mol. The number of nitrogens with two attached hydrogens (primary N) is 2. The number of aromatic nitrogens is 4. The van der Waals surface area contributed by atoms with Gasteiger partial charge in [-0.25, -0.2) is 15.4 Å². The average molecular weight is 785 g/mol. The van der Waals surface area contributed by atoms with Gasteiger partial charge >= 0.3 is 11.4 Å². The molecule has 1 saturated carbocycles. The van der Waals surface area contributed by atoms with Crippen LogP contribution in [0.5, 0.6) is 0 Å². The number of nitrogens with one attached hydrogen (secondary N) is 3. The fourth-order valence-corrected chi connectivity index (χ4v) is 7.23. The number of hydrogen-bond donors (Lipinski definition) is 5. The molecule has 2 fully saturated rings. The summed E-state index contributed by atoms with van der Waals surface area (Å²) in [4.78, 5) is 52.3. The molecule has 7 N–H and O–H groups in total. The van der Waals surface area contributed by atoms with Crippen LogP contribution in [-0.4, -0.2) is 69.7 Å². The smallest absolute Gasteiger partial charge is 0.330 e. The molecule has 0 aromatic carbocycles. The third-order valence-electron chi connectivity index (χ3n) is 10.3. The second-order valence-electron chi connectivity index (χ2n) is 15.3. The fourth-order valence-electron chi connectivity index (χ4n) is 7.23. The molecule has 1 saturated heterocycles. The van der Waals surface area contributed by atoms with Crippen LogP contribution >= 0.6 is 0 Å². The van der Waals surface area contributed by atoms with Crippen LogP contribution in [0.15, 0.2) is 66.1 Å². The van der Waals surface area contributed by atoms with Gasteiger partial charge in [0.05, 0.1) is 37.3 Å². The van der Waals surface area contributed by atoms with Crippen molar-refractivity contribution in [2.45, 2.75) is 129 Å². The first-order valence-electron chi connectivity index (χ1n) is 20.2. The first-order valence-corrected chi connectivity index (χ1v) is 20.2. The van der Waals surface area contributed by atoms with Crippen LogP contribution in [0.3, 0.4) is 0 Å². The van der Waals surface area contributed by atoms with Crippen molar-refractivity contribution in [1.82, 2.24) is 29.5 Å². The van der Waals surface area contributed by atoms with Crippen molar-refractivity contribution in [2.75, 3.05) is 39.5 Å². The van der Waals surface area contributed by atoms with Crippen LogP contribution in [0.1, 0.15) is 120 Å². The molecule has 56 heavy (non-hydrogen) atoms. The fraction of sp³-hybridized carbons (Fsp3) is 0.692. The predicted molar refractivity (Wildman–Crippen MR) is 215 cm³/mol. The Hall–Kier alpha value is -4.32. The normalized spacial score (nSPS) is 19.9. The van der Waals surface area contributed by atoms with E-state index in [2.05, 4.69) is 32.3 Å². The van der Waals surface area contributed by atoms with Crippen LogP contribution in [0.2, 0.25) is 0 Å². The first-order chi connectivity index (χ1) is 27.0. The number of rotatable bonds is 26. The molecular weight excluding hydrogens is 720 g/mol. The van der Waals surface area contributed by atoms with Crippen LogP contribution < -0.4 is 39.5 Å². The highest BCUT2D eigenvalue weighted by Crippen LogP contribution is 2.34. The molecule has 4 atom stereocenters. The van der Waals surface area contributed by atoms with Gasteiger partial charge in [0.2, 0.25) is 0 Å². The van der Waals surface area contributed by atoms with Gasteiger partial charge < -0.3 is 25.0 Å². The van der Waals surface area contributed by atoms with Gasteiger partial charge in [-0.3, -0.25) is 34.1 Å². The summed E-state index contributed by atoms with van der Waals surface area (Å²) in [7, 11) is 0. The van der Waals surface area contributed by atoms with Crippen LogP contribution in [0, 0.1) is 19.8 Å². The molecular formula is C39H64N10O7. The molecule has 0 amide bonds. The Labute approximate surface area is 328 Å². The largest absolute Gasteiger partial charge is 0.399 e. The number of hydrazine groups is 1. The Morgan fingerprint density at radius 2 is 1.45 bits per heavy atom. The maximum atomic E-state index is 12.2. The zero-order valence-electron chi connectivity index (χ0n) is 33.3. The van der Waals surface area contributed by atoms with Gasteiger partial charge in [-0.2, -0.15) is 5.11 Å². The summed E-state index contributed by atoms with van der Waals surface area (Å²) in [6.45, 7) is 10.4. The lowest BCUT2D eigenvalue weighted by atomic mass is 10.1. The summed E-state index contributed by atoms with van der Waals surface area (Å²) >= 11 is 0. The minimum atomic E-state index is -0.476. The molecule has 17 heteroatoms. The Morgan fingerprint density at radius 3 is 2.09 bits per heavy atom. The number of nitrogens with zero attached hydrogens (tertiary/aromatic N) is 5. The maximum absolute atomic E-state index is 12.2. The van der Waals surface area contributed by atoms with E-state index in [1.165, 1.54) is 49.3 Å². The average Bonchev–Trinajstić information content (AvgIpc) is 3.83. The molecule has 17 nitrogen and oxygen atoms in total. The summed E-state index contributed by atoms with van der Waals surface area (Å²) in [6.07, 6.45) is 20.1. The van der Waals surface area contributed by atoms with E-state index >= 15 is 0 Å². The minimum Gasteiger partial charge on any atom is -0.399 e. The van der Waals surface area contributed by atoms with Gasteiger partial charge in [0.25, 0.3) is 11.1 Å². The Morgan fingerprint density at radius 1 is 0.875 bits per heavy atom. The highest BCUT2D eigenvalue weighted by Gasteiger charge is 2.28. The van der Waals surface area contributed by atoms with Gasteiger partial charge in [0.1, 0.15) is 6.23 Å². The number of ether oxygens (including phenoxy) is 3. The number of unbranched alkanes of at least 4 members (excludes halogenated alkanes) is 9. The molecule has 2 aromatic rings. The van der Waals surface area contributed by atoms with Gasteiger partial charge in [-0.05, 0) is 64.7 Å². The van der Waals surface area contributed by atoms with E-state index in [9.17, 15) is 19.2 Å². The summed E-state index contributed by atoms with van der Waals surface area (Å²) in [5, 5.41) is 9.72. The molecule has 4 rings (SSSR count). The Balaban J connectivity index is 0.894. The number of H-pyrrole nitrogens is 2. The molecule has 1 aliphatic carbocycles. The van der Waals surface area contributed by atoms with Crippen molar-refractivity contribution in [1.29, 1.82) is 0 Å². The molecule has 0 spiro atoms. The van der Waals surface area contributed by atoms with Crippen molar-refractivity contribution in [2.24, 2.45) is 27.8 Å². The van der Waals surface area contributed by atoms with Gasteiger partial charge in [0.15, 0.2) is 0 Å². The van der Waals surface area contributed by atoms with Crippen molar-refractivity contribution in [3.8, 4) is 0 Å². The SMILES string of the molecule is C=C(COCCCCCCCCCCCCOC/C(N)=C/N(N)CC1CCC(n2cc(C)c(=O)[nH]c2=O)C1)NN=NCC1CCC(n2cc(C)c(=O)[nH]c2=O)O1. The molecule has 3 heterocycles. The van der Waals surface area contributed by atoms with Gasteiger partial charge in [-0.15, -0.1) is 0 Å². The topological polar surface area (TPSA) is 229 Å². The van der Waals surface area contributed by atoms with Gasteiger partial charge in [-0.1, -0.05) is 63.2 Å². The van der Waals surface area contributed by atoms with Crippen molar-refractivity contribution >= 4 is 0 Å². The van der Waals surface area contributed by atoms with Crippen molar-refractivity contribution < 1.29 is 14.2 Å². The summed E-state index contributed by atoms with van der Waals surface area (Å²) in [6, 6.07) is 0.0605. The van der Waals surface area contributed by atoms with E-state index in [4.69, 9.17) is 25.8 Å². The van der Waals surface area contributed by atoms with E-state index in [1.54, 1.807) is 35.8 Å². The molecule has 0 bridgehead atoms. The lowest BCUT2D eigenvalue weighted by Crippen LogP contribution is -2.33. The van der Waals surface area contributed by atoms with Gasteiger partial charge in [0, 0.05) is 55.5 Å². The second kappa shape index (κ2) is 23.7. The highest BCUT2D eigenvalue weighted by atomic mass is 16.5. The zero-order chi connectivity index (χ0) is 40.3. The standard InChI is InChI=1S/C39H64N10O7/c1-28-22-48(38(52)43-36(28)50)33-15-14-31(20-33)24-47(41)25-32(40)27-55-19-13-11-9-7-5-4-6-8-10-12-18-54-26-30(3)45-46-42-21-34-16-17-35(56-34)49-23-29(2)37(51)44-39(49)53/h22-23,25,31,33-35H,3-21,24,26-27,40-41H2,1-2H3,(H,42,45)(H,43,50,52)(H,44,51,53)/b32-25-. The number of aryl methyl sites for hydroxylation is 2. The lowest BCUT2D eigenvalue weighted by molar-refractivity contribution is 0.00298. The Kier molecular flexibility index (Phi) is 18.8. The van der Waals surface area contributed by atoms with Crippen LogP contribution in [0.4, 0.5) is 0 Å². The van der Waals surface area contributed by atoms with E-state index in [-0.39, 0.29) is 29.0 Å². The van der Waals surface area contributed by atoms with Crippen LogP contribution in [0.25, 0.3) is 0 Å². The first kappa shape index (κ1) is 44.4. The highest BCUT2D eigenvalue weighted by molar-refractivity contribution is 5.03. The molecule has 1 aliphatic heterocycles. The third-order valence-corrected chi connectivity index (χ3v) is 10.3. The zero-order valence-corrected chi connectivity index (χ0v) is 33.3. The third kappa shape index (κ3) is 15.3. The molecule has 4 unspecified atom stereocenters. The molecule has 312 valence electrons. The summed E-state index contributed by atoms with van der Waals surface area (Å²) < 4.78 is 20.5. The maximum Gasteiger partial charge on any atom is 0.330 e. The second-order valence-corrected chi connectivity index (χ2v) is 15.3. The lowest BCUT2D eigenvalue weighted by Gasteiger charge is -2.20. The van der Waals surface area contributed by atoms with Crippen molar-refractivity contribution in [3.05, 3.63) is 89.4 Å². The molecule has 0 radical (unpaired) electrons. The van der Waals surface area contributed by atoms with E-state index in [1.807, 2.05) is 0 Å². The minimum absolute atomic E-state index is 0.0605. The summed E-state index contributed by atoms with van der Waals surface area (Å²) in [5.41, 5.74) is 9.61. The number of aromatic amines is 2. The van der Waals surface area contributed by atoms with E-state index in [0.29, 0.717) is 74.4 Å². The van der Waals surface area contributed by atoms with E-state index in [0.717, 1.165) is 51.4 Å². The predicted octanol–water partition coefficient (Wildman–Crippen LogP) is 4.10. The quantitative estimate of drug-likeness (QED) is 0.0395. The number of hydrogen-bond acceptors (Lipinski definition) is 12. The van der Waals surface area contributed by atoms with E-state index < -0.39 is 11.9 Å². The molecule has 2 aromatic heterocycles.